The molecule has 9 nitrogen and oxygen atoms in total. The van der Waals surface area contributed by atoms with E-state index >= 15 is 4.39 Å². The van der Waals surface area contributed by atoms with Gasteiger partial charge in [-0.15, -0.1) is 5.92 Å². The number of carbonyl (C=O) groups is 1. The number of anilines is 1. The number of hydrogen-bond acceptors (Lipinski definition) is 9. The number of para-hydroxylation sites is 1. The summed E-state index contributed by atoms with van der Waals surface area (Å²) >= 11 is 0. The highest BCUT2D eigenvalue weighted by molar-refractivity contribution is 6.06. The summed E-state index contributed by atoms with van der Waals surface area (Å²) in [7, 11) is 0. The number of halogens is 4. The van der Waals surface area contributed by atoms with E-state index in [2.05, 4.69) is 31.7 Å². The van der Waals surface area contributed by atoms with Gasteiger partial charge in [-0.3, -0.25) is 9.69 Å². The van der Waals surface area contributed by atoms with Gasteiger partial charge in [0.25, 0.3) is 0 Å². The third-order valence-corrected chi connectivity index (χ3v) is 9.50. The molecule has 13 heteroatoms. The van der Waals surface area contributed by atoms with E-state index in [4.69, 9.17) is 13.9 Å². The SMILES string of the molecule is CC#Cc1cnc(O[C@H]2C[C@@H](C(C)=O)N(c3nc(C(F)(F)F)nc4c3oc3ccccc34)C2)c([C@@]2(F)CCN(C3COC3)C[C@@H]2C)c1. The smallest absolute Gasteiger partial charge is 0.451 e. The predicted molar refractivity (Wildman–Crippen MR) is 165 cm³/mol. The molecule has 0 radical (unpaired) electrons. The van der Waals surface area contributed by atoms with Crippen LogP contribution in [0.1, 0.15) is 50.6 Å². The lowest BCUT2D eigenvalue weighted by molar-refractivity contribution is -0.144. The molecule has 0 spiro atoms. The number of ketones is 1. The second-order valence-electron chi connectivity index (χ2n) is 12.6. The number of hydrogen-bond donors (Lipinski definition) is 0. The van der Waals surface area contributed by atoms with Crippen LogP contribution in [0, 0.1) is 17.8 Å². The van der Waals surface area contributed by atoms with Crippen LogP contribution in [0.15, 0.2) is 40.9 Å². The Morgan fingerprint density at radius 1 is 1.17 bits per heavy atom. The van der Waals surface area contributed by atoms with Crippen molar-refractivity contribution in [3.63, 3.8) is 0 Å². The number of Topliss-reactive ketones (excluding diaryl/α,β-unsaturated/α-hetero) is 1. The fourth-order valence-corrected chi connectivity index (χ4v) is 6.92. The Morgan fingerprint density at radius 2 is 1.96 bits per heavy atom. The van der Waals surface area contributed by atoms with E-state index in [0.717, 1.165) is 0 Å². The lowest BCUT2D eigenvalue weighted by Gasteiger charge is -2.47. The van der Waals surface area contributed by atoms with Crippen molar-refractivity contribution in [2.24, 2.45) is 5.92 Å². The standard InChI is InChI=1S/C34H33F4N5O4/c1-4-7-21-12-25(33(35)10-11-42(15-19(33)2)22-17-45-18-22)31(39-14-21)46-23-13-26(20(3)44)43(16-23)30-29-28(40-32(41-30)34(36,37)38)24-8-5-6-9-27(24)47-29/h5-6,8-9,12,14,19,22-23,26H,10-11,13,15-18H2,1-3H3/t19-,23-,26-,33+/m0/s1. The van der Waals surface area contributed by atoms with Gasteiger partial charge in [-0.1, -0.05) is 25.0 Å². The number of nitrogens with zero attached hydrogens (tertiary/aromatic N) is 5. The molecule has 7 rings (SSSR count). The van der Waals surface area contributed by atoms with Crippen molar-refractivity contribution < 1.29 is 36.2 Å². The second-order valence-corrected chi connectivity index (χ2v) is 12.6. The molecule has 3 aromatic heterocycles. The Labute approximate surface area is 268 Å². The Kier molecular flexibility index (Phi) is 7.83. The van der Waals surface area contributed by atoms with Crippen LogP contribution in [-0.2, 0) is 21.4 Å². The molecule has 0 unspecified atom stereocenters. The highest BCUT2D eigenvalue weighted by Gasteiger charge is 2.48. The third-order valence-electron chi connectivity index (χ3n) is 9.50. The van der Waals surface area contributed by atoms with Crippen LogP contribution in [0.5, 0.6) is 5.88 Å². The molecule has 0 N–H and O–H groups in total. The normalized spacial score (nSPS) is 25.5. The van der Waals surface area contributed by atoms with Crippen LogP contribution in [0.3, 0.4) is 0 Å². The largest absolute Gasteiger partial charge is 0.472 e. The van der Waals surface area contributed by atoms with Crippen LogP contribution >= 0.6 is 0 Å². The molecule has 4 atom stereocenters. The van der Waals surface area contributed by atoms with Crippen LogP contribution < -0.4 is 9.64 Å². The van der Waals surface area contributed by atoms with Crippen molar-refractivity contribution in [3.8, 4) is 17.7 Å². The number of benzene rings is 1. The van der Waals surface area contributed by atoms with Gasteiger partial charge in [0.2, 0.25) is 11.7 Å². The summed E-state index contributed by atoms with van der Waals surface area (Å²) in [5.41, 5.74) is -0.597. The molecule has 47 heavy (non-hydrogen) atoms. The first-order chi connectivity index (χ1) is 22.5. The van der Waals surface area contributed by atoms with Crippen LogP contribution in [0.25, 0.3) is 22.1 Å². The van der Waals surface area contributed by atoms with Gasteiger partial charge < -0.3 is 18.8 Å². The van der Waals surface area contributed by atoms with E-state index in [9.17, 15) is 18.0 Å². The molecule has 6 heterocycles. The van der Waals surface area contributed by atoms with Crippen molar-refractivity contribution in [2.45, 2.75) is 63.6 Å². The summed E-state index contributed by atoms with van der Waals surface area (Å²) in [5.74, 6) is 3.65. The van der Waals surface area contributed by atoms with Gasteiger partial charge >= 0.3 is 6.18 Å². The van der Waals surface area contributed by atoms with Gasteiger partial charge in [0, 0.05) is 42.6 Å². The van der Waals surface area contributed by atoms with Gasteiger partial charge in [-0.25, -0.2) is 19.3 Å². The molecule has 3 aliphatic heterocycles. The minimum atomic E-state index is -4.85. The van der Waals surface area contributed by atoms with Gasteiger partial charge in [-0.05, 0) is 38.5 Å². The molecular weight excluding hydrogens is 618 g/mol. The maximum Gasteiger partial charge on any atom is 0.451 e. The molecule has 3 saturated heterocycles. The molecule has 3 fully saturated rings. The summed E-state index contributed by atoms with van der Waals surface area (Å²) in [4.78, 5) is 28.9. The molecule has 0 bridgehead atoms. The van der Waals surface area contributed by atoms with Crippen molar-refractivity contribution in [3.05, 3.63) is 53.5 Å². The minimum absolute atomic E-state index is 0.00525. The number of likely N-dealkylation sites (tertiary alicyclic amines) is 1. The molecule has 0 aliphatic carbocycles. The number of alkyl halides is 4. The van der Waals surface area contributed by atoms with Crippen LogP contribution in [0.4, 0.5) is 23.4 Å². The van der Waals surface area contributed by atoms with E-state index in [1.54, 1.807) is 37.3 Å². The number of aromatic nitrogens is 3. The first kappa shape index (κ1) is 31.3. The average molecular weight is 652 g/mol. The topological polar surface area (TPSA) is 93.8 Å². The van der Waals surface area contributed by atoms with Gasteiger partial charge in [0.15, 0.2) is 17.2 Å². The van der Waals surface area contributed by atoms with E-state index in [0.29, 0.717) is 42.8 Å². The Morgan fingerprint density at radius 3 is 2.64 bits per heavy atom. The lowest BCUT2D eigenvalue weighted by Crippen LogP contribution is -2.56. The zero-order valence-corrected chi connectivity index (χ0v) is 26.1. The summed E-state index contributed by atoms with van der Waals surface area (Å²) in [6.45, 7) is 7.22. The second kappa shape index (κ2) is 11.8. The molecule has 246 valence electrons. The van der Waals surface area contributed by atoms with E-state index in [1.807, 2.05) is 6.92 Å². The predicted octanol–water partition coefficient (Wildman–Crippen LogP) is 5.68. The monoisotopic (exact) mass is 651 g/mol. The van der Waals surface area contributed by atoms with Crippen molar-refractivity contribution >= 4 is 33.7 Å². The quantitative estimate of drug-likeness (QED) is 0.193. The molecule has 0 saturated carbocycles. The number of pyridine rings is 1. The lowest BCUT2D eigenvalue weighted by atomic mass is 9.78. The Bertz CT molecular complexity index is 1920. The van der Waals surface area contributed by atoms with E-state index in [-0.39, 0.29) is 59.6 Å². The van der Waals surface area contributed by atoms with Gasteiger partial charge in [-0.2, -0.15) is 13.2 Å². The third kappa shape index (κ3) is 5.57. The highest BCUT2D eigenvalue weighted by Crippen LogP contribution is 2.46. The maximum atomic E-state index is 17.2. The van der Waals surface area contributed by atoms with E-state index in [1.165, 1.54) is 18.0 Å². The maximum absolute atomic E-state index is 17.2. The Hall–Kier alpha value is -4.28. The summed E-state index contributed by atoms with van der Waals surface area (Å²) in [5, 5.41) is 0.394. The molecule has 1 aromatic carbocycles. The summed E-state index contributed by atoms with van der Waals surface area (Å²) in [6.07, 6.45) is -3.74. The fraction of sp³-hybridized carbons (Fsp3) is 0.471. The van der Waals surface area contributed by atoms with Gasteiger partial charge in [0.1, 0.15) is 22.9 Å². The van der Waals surface area contributed by atoms with Crippen molar-refractivity contribution in [1.29, 1.82) is 0 Å². The molecule has 0 amide bonds. The first-order valence-electron chi connectivity index (χ1n) is 15.6. The first-order valence-corrected chi connectivity index (χ1v) is 15.6. The number of furan rings is 1. The number of ether oxygens (including phenoxy) is 2. The fourth-order valence-electron chi connectivity index (χ4n) is 6.92. The number of piperidine rings is 1. The number of fused-ring (bicyclic) bond motifs is 3. The highest BCUT2D eigenvalue weighted by atomic mass is 19.4. The minimum Gasteiger partial charge on any atom is -0.472 e. The van der Waals surface area contributed by atoms with Crippen LogP contribution in [0.2, 0.25) is 0 Å². The van der Waals surface area contributed by atoms with Crippen molar-refractivity contribution in [2.75, 3.05) is 37.7 Å². The summed E-state index contributed by atoms with van der Waals surface area (Å²) in [6, 6.07) is 7.69. The molecular formula is C34H33F4N5O4. The summed E-state index contributed by atoms with van der Waals surface area (Å²) < 4.78 is 77.0. The zero-order chi connectivity index (χ0) is 33.1. The molecule has 3 aliphatic rings. The average Bonchev–Trinajstić information content (AvgIpc) is 3.60. The number of rotatable bonds is 6. The Balaban J connectivity index is 1.25. The zero-order valence-electron chi connectivity index (χ0n) is 26.1. The van der Waals surface area contributed by atoms with Gasteiger partial charge in [0.05, 0.1) is 37.4 Å². The van der Waals surface area contributed by atoms with E-state index < -0.39 is 35.7 Å². The van der Waals surface area contributed by atoms with Crippen molar-refractivity contribution in [1.82, 2.24) is 19.9 Å². The molecule has 4 aromatic rings. The number of carbonyl (C=O) groups excluding carboxylic acids is 1. The van der Waals surface area contributed by atoms with Crippen LogP contribution in [-0.4, -0.2) is 76.7 Å².